The number of nitrogens with zero attached hydrogens (tertiary/aromatic N) is 1. The zero-order chi connectivity index (χ0) is 21.6. The zero-order valence-corrected chi connectivity index (χ0v) is 16.6. The predicted molar refractivity (Wildman–Crippen MR) is 101 cm³/mol. The SMILES string of the molecule is CCCCNc1c(C=O)c(=O)[nH]c(=O)n1[C@H]1C[C@H](OC(C)=O)[C@@H](COC(C)=O)O1. The summed E-state index contributed by atoms with van der Waals surface area (Å²) >= 11 is 0. The van der Waals surface area contributed by atoms with Gasteiger partial charge in [-0.2, -0.15) is 0 Å². The largest absolute Gasteiger partial charge is 0.463 e. The van der Waals surface area contributed by atoms with Crippen LogP contribution in [0.3, 0.4) is 0 Å². The fourth-order valence-corrected chi connectivity index (χ4v) is 3.06. The molecule has 0 bridgehead atoms. The maximum atomic E-state index is 12.5. The van der Waals surface area contributed by atoms with Crippen molar-refractivity contribution in [2.24, 2.45) is 0 Å². The maximum absolute atomic E-state index is 12.5. The van der Waals surface area contributed by atoms with E-state index in [4.69, 9.17) is 14.2 Å². The molecule has 1 fully saturated rings. The Morgan fingerprint density at radius 3 is 2.62 bits per heavy atom. The molecule has 0 amide bonds. The number of aldehydes is 1. The van der Waals surface area contributed by atoms with Gasteiger partial charge in [0.1, 0.15) is 36.4 Å². The van der Waals surface area contributed by atoms with Crippen molar-refractivity contribution >= 4 is 24.0 Å². The van der Waals surface area contributed by atoms with E-state index < -0.39 is 41.6 Å². The lowest BCUT2D eigenvalue weighted by Crippen LogP contribution is -2.37. The molecule has 0 radical (unpaired) electrons. The summed E-state index contributed by atoms with van der Waals surface area (Å²) in [6.07, 6.45) is -0.511. The zero-order valence-electron chi connectivity index (χ0n) is 16.6. The highest BCUT2D eigenvalue weighted by Crippen LogP contribution is 2.32. The van der Waals surface area contributed by atoms with Crippen LogP contribution in [0.2, 0.25) is 0 Å². The lowest BCUT2D eigenvalue weighted by Gasteiger charge is -2.20. The standard InChI is InChI=1S/C18H25N3O8/c1-4-5-6-19-16-12(8-22)17(25)20-18(26)21(16)15-7-13(28-11(3)24)14(29-15)9-27-10(2)23/h8,13-15,19H,4-7,9H2,1-3H3,(H,20,25,26)/t13-,14+,15+/m0/s1. The number of hydrogen-bond donors (Lipinski definition) is 2. The van der Waals surface area contributed by atoms with Gasteiger partial charge in [-0.25, -0.2) is 4.79 Å². The minimum absolute atomic E-state index is 0.0295. The Hall–Kier alpha value is -2.95. The fraction of sp³-hybridized carbons (Fsp3) is 0.611. The van der Waals surface area contributed by atoms with Crippen LogP contribution >= 0.6 is 0 Å². The minimum Gasteiger partial charge on any atom is -0.463 e. The van der Waals surface area contributed by atoms with E-state index in [9.17, 15) is 24.0 Å². The van der Waals surface area contributed by atoms with Crippen molar-refractivity contribution in [2.45, 2.75) is 58.5 Å². The quantitative estimate of drug-likeness (QED) is 0.334. The third kappa shape index (κ3) is 5.53. The number of H-pyrrole nitrogens is 1. The number of esters is 2. The molecule has 1 aromatic rings. The van der Waals surface area contributed by atoms with E-state index in [1.54, 1.807) is 0 Å². The van der Waals surface area contributed by atoms with Crippen molar-refractivity contribution < 1.29 is 28.6 Å². The van der Waals surface area contributed by atoms with Crippen molar-refractivity contribution in [1.82, 2.24) is 9.55 Å². The van der Waals surface area contributed by atoms with Gasteiger partial charge in [-0.1, -0.05) is 13.3 Å². The van der Waals surface area contributed by atoms with E-state index in [1.807, 2.05) is 6.92 Å². The van der Waals surface area contributed by atoms with Crippen LogP contribution in [0.15, 0.2) is 9.59 Å². The summed E-state index contributed by atoms with van der Waals surface area (Å²) in [5.74, 6) is -1.07. The van der Waals surface area contributed by atoms with Crippen LogP contribution in [0.25, 0.3) is 0 Å². The molecule has 160 valence electrons. The van der Waals surface area contributed by atoms with Crippen molar-refractivity contribution in [3.05, 3.63) is 26.4 Å². The summed E-state index contributed by atoms with van der Waals surface area (Å²) < 4.78 is 17.1. The smallest absolute Gasteiger partial charge is 0.332 e. The summed E-state index contributed by atoms with van der Waals surface area (Å²) in [5, 5.41) is 2.95. The molecule has 3 atom stereocenters. The molecule has 2 N–H and O–H groups in total. The Bertz CT molecular complexity index is 875. The average molecular weight is 411 g/mol. The van der Waals surface area contributed by atoms with Crippen LogP contribution in [0.5, 0.6) is 0 Å². The van der Waals surface area contributed by atoms with Gasteiger partial charge >= 0.3 is 17.6 Å². The van der Waals surface area contributed by atoms with Crippen LogP contribution < -0.4 is 16.6 Å². The molecule has 0 aliphatic carbocycles. The van der Waals surface area contributed by atoms with Gasteiger partial charge in [0.2, 0.25) is 0 Å². The van der Waals surface area contributed by atoms with Gasteiger partial charge in [0, 0.05) is 26.8 Å². The normalized spacial score (nSPS) is 20.9. The first-order valence-electron chi connectivity index (χ1n) is 9.32. The number of rotatable bonds is 9. The van der Waals surface area contributed by atoms with E-state index >= 15 is 0 Å². The second kappa shape index (κ2) is 10.0. The topological polar surface area (TPSA) is 146 Å². The Labute approximate surface area is 166 Å². The van der Waals surface area contributed by atoms with E-state index in [1.165, 1.54) is 13.8 Å². The summed E-state index contributed by atoms with van der Waals surface area (Å²) in [5.41, 5.74) is -1.83. The third-order valence-electron chi connectivity index (χ3n) is 4.36. The molecular formula is C18H25N3O8. The van der Waals surface area contributed by atoms with Gasteiger partial charge in [0.25, 0.3) is 5.56 Å². The summed E-state index contributed by atoms with van der Waals surface area (Å²) in [6, 6.07) is 0. The Balaban J connectivity index is 2.42. The monoisotopic (exact) mass is 411 g/mol. The number of nitrogens with one attached hydrogen (secondary N) is 2. The van der Waals surface area contributed by atoms with Gasteiger partial charge in [-0.05, 0) is 6.42 Å². The highest BCUT2D eigenvalue weighted by atomic mass is 16.6. The van der Waals surface area contributed by atoms with Crippen LogP contribution in [-0.2, 0) is 23.8 Å². The lowest BCUT2D eigenvalue weighted by atomic mass is 10.2. The van der Waals surface area contributed by atoms with Gasteiger partial charge in [-0.3, -0.25) is 28.7 Å². The van der Waals surface area contributed by atoms with E-state index in [-0.39, 0.29) is 24.4 Å². The molecule has 1 aromatic heterocycles. The molecule has 11 nitrogen and oxygen atoms in total. The number of carbonyl (C=O) groups is 3. The van der Waals surface area contributed by atoms with Gasteiger partial charge in [0.05, 0.1) is 0 Å². The summed E-state index contributed by atoms with van der Waals surface area (Å²) in [4.78, 5) is 60.7. The van der Waals surface area contributed by atoms with Gasteiger partial charge in [0.15, 0.2) is 6.29 Å². The van der Waals surface area contributed by atoms with Crippen molar-refractivity contribution in [1.29, 1.82) is 0 Å². The van der Waals surface area contributed by atoms with E-state index in [0.29, 0.717) is 12.8 Å². The molecule has 11 heteroatoms. The van der Waals surface area contributed by atoms with Gasteiger partial charge < -0.3 is 19.5 Å². The Morgan fingerprint density at radius 2 is 2.03 bits per heavy atom. The Kier molecular flexibility index (Phi) is 7.71. The molecule has 29 heavy (non-hydrogen) atoms. The first kappa shape index (κ1) is 22.3. The second-order valence-corrected chi connectivity index (χ2v) is 6.61. The number of aromatic nitrogens is 2. The fourth-order valence-electron chi connectivity index (χ4n) is 3.06. The number of ether oxygens (including phenoxy) is 3. The molecule has 0 spiro atoms. The van der Waals surface area contributed by atoms with Crippen molar-refractivity contribution in [3.63, 3.8) is 0 Å². The lowest BCUT2D eigenvalue weighted by molar-refractivity contribution is -0.155. The molecule has 2 heterocycles. The first-order valence-corrected chi connectivity index (χ1v) is 9.32. The number of unbranched alkanes of at least 4 members (excludes halogenated alkanes) is 1. The average Bonchev–Trinajstić information content (AvgIpc) is 3.01. The maximum Gasteiger partial charge on any atom is 0.332 e. The van der Waals surface area contributed by atoms with Crippen LogP contribution in [-0.4, -0.2) is 53.1 Å². The number of carbonyl (C=O) groups excluding carboxylic acids is 3. The minimum atomic E-state index is -0.952. The van der Waals surface area contributed by atoms with Crippen LogP contribution in [0, 0.1) is 0 Å². The number of hydrogen-bond acceptors (Lipinski definition) is 9. The number of aromatic amines is 1. The van der Waals surface area contributed by atoms with Crippen LogP contribution in [0.1, 0.15) is 56.6 Å². The molecule has 2 rings (SSSR count). The third-order valence-corrected chi connectivity index (χ3v) is 4.36. The molecule has 0 unspecified atom stereocenters. The molecule has 0 aromatic carbocycles. The summed E-state index contributed by atoms with van der Waals surface area (Å²) in [7, 11) is 0. The van der Waals surface area contributed by atoms with E-state index in [0.717, 1.165) is 17.4 Å². The molecule has 0 saturated carbocycles. The van der Waals surface area contributed by atoms with Crippen molar-refractivity contribution in [3.8, 4) is 0 Å². The first-order chi connectivity index (χ1) is 13.8. The van der Waals surface area contributed by atoms with Gasteiger partial charge in [-0.15, -0.1) is 0 Å². The predicted octanol–water partition coefficient (Wildman–Crippen LogP) is 0.343. The van der Waals surface area contributed by atoms with E-state index in [2.05, 4.69) is 10.3 Å². The number of anilines is 1. The molecule has 1 aliphatic heterocycles. The summed E-state index contributed by atoms with van der Waals surface area (Å²) in [6.45, 7) is 4.67. The molecular weight excluding hydrogens is 386 g/mol. The molecule has 1 aliphatic rings. The highest BCUT2D eigenvalue weighted by molar-refractivity contribution is 5.81. The molecule has 1 saturated heterocycles. The Morgan fingerprint density at radius 1 is 1.31 bits per heavy atom. The second-order valence-electron chi connectivity index (χ2n) is 6.61. The van der Waals surface area contributed by atoms with Crippen LogP contribution in [0.4, 0.5) is 5.82 Å². The van der Waals surface area contributed by atoms with Crippen molar-refractivity contribution in [2.75, 3.05) is 18.5 Å². The highest BCUT2D eigenvalue weighted by Gasteiger charge is 2.40.